The summed E-state index contributed by atoms with van der Waals surface area (Å²) in [5.41, 5.74) is 1.19. The number of carbonyl (C=O) groups is 1. The lowest BCUT2D eigenvalue weighted by Crippen LogP contribution is -1.91. The number of imidazole rings is 1. The predicted octanol–water partition coefficient (Wildman–Crippen LogP) is 1.30. The van der Waals surface area contributed by atoms with Crippen molar-refractivity contribution in [1.29, 1.82) is 0 Å². The van der Waals surface area contributed by atoms with Crippen molar-refractivity contribution in [2.75, 3.05) is 0 Å². The van der Waals surface area contributed by atoms with Crippen LogP contribution in [-0.2, 0) is 0 Å². The maximum absolute atomic E-state index is 10.5. The molecule has 0 aliphatic carbocycles. The second-order valence-corrected chi connectivity index (χ2v) is 3.05. The molecule has 0 aliphatic rings. The van der Waals surface area contributed by atoms with E-state index in [0.29, 0.717) is 15.9 Å². The molecular weight excluding hydrogens is 222 g/mol. The van der Waals surface area contributed by atoms with Crippen molar-refractivity contribution in [1.82, 2.24) is 14.4 Å². The second-order valence-electron chi connectivity index (χ2n) is 2.24. The van der Waals surface area contributed by atoms with Crippen LogP contribution < -0.4 is 0 Å². The Morgan fingerprint density at radius 2 is 2.25 bits per heavy atom. The third-order valence-corrected chi connectivity index (χ3v) is 1.92. The van der Waals surface area contributed by atoms with Crippen LogP contribution in [-0.4, -0.2) is 20.7 Å². The van der Waals surface area contributed by atoms with Crippen LogP contribution in [0.3, 0.4) is 0 Å². The average molecular weight is 226 g/mol. The van der Waals surface area contributed by atoms with Gasteiger partial charge in [-0.3, -0.25) is 9.20 Å². The van der Waals surface area contributed by atoms with Gasteiger partial charge in [-0.05, 0) is 15.9 Å². The van der Waals surface area contributed by atoms with Crippen molar-refractivity contribution >= 4 is 27.9 Å². The first-order valence-electron chi connectivity index (χ1n) is 3.25. The zero-order chi connectivity index (χ0) is 8.55. The summed E-state index contributed by atoms with van der Waals surface area (Å²) in [6, 6.07) is 0. The monoisotopic (exact) mass is 225 g/mol. The standard InChI is InChI=1S/C7H4BrN3O/c8-6-3-11-5(4-12)1-10-7(11)2-9-6/h1-4H. The maximum atomic E-state index is 10.5. The van der Waals surface area contributed by atoms with Gasteiger partial charge < -0.3 is 0 Å². The molecule has 12 heavy (non-hydrogen) atoms. The fourth-order valence-corrected chi connectivity index (χ4v) is 1.28. The SMILES string of the molecule is O=Cc1cnc2cnc(Br)cn12. The van der Waals surface area contributed by atoms with Crippen LogP contribution in [0.1, 0.15) is 10.5 Å². The molecule has 0 saturated heterocycles. The Labute approximate surface area is 76.4 Å². The smallest absolute Gasteiger partial charge is 0.168 e. The molecule has 0 spiro atoms. The minimum Gasteiger partial charge on any atom is -0.296 e. The number of hydrogen-bond donors (Lipinski definition) is 0. The van der Waals surface area contributed by atoms with E-state index in [1.54, 1.807) is 16.8 Å². The lowest BCUT2D eigenvalue weighted by molar-refractivity contribution is 0.111. The number of rotatable bonds is 1. The van der Waals surface area contributed by atoms with E-state index in [4.69, 9.17) is 0 Å². The Morgan fingerprint density at radius 1 is 1.42 bits per heavy atom. The average Bonchev–Trinajstić information content (AvgIpc) is 2.46. The van der Waals surface area contributed by atoms with Crippen LogP contribution in [0.25, 0.3) is 5.65 Å². The number of carbonyl (C=O) groups excluding carboxylic acids is 1. The first-order chi connectivity index (χ1) is 5.81. The van der Waals surface area contributed by atoms with Gasteiger partial charge in [-0.25, -0.2) is 9.97 Å². The summed E-state index contributed by atoms with van der Waals surface area (Å²) >= 11 is 3.20. The minimum atomic E-state index is 0.521. The van der Waals surface area contributed by atoms with Crippen LogP contribution in [0, 0.1) is 0 Å². The highest BCUT2D eigenvalue weighted by Crippen LogP contribution is 2.08. The normalized spacial score (nSPS) is 10.4. The molecule has 0 N–H and O–H groups in total. The number of aromatic nitrogens is 3. The van der Waals surface area contributed by atoms with Gasteiger partial charge in [0, 0.05) is 6.20 Å². The van der Waals surface area contributed by atoms with Crippen molar-refractivity contribution in [3.05, 3.63) is 28.9 Å². The van der Waals surface area contributed by atoms with E-state index in [0.717, 1.165) is 6.29 Å². The number of halogens is 1. The summed E-state index contributed by atoms with van der Waals surface area (Å²) in [6.07, 6.45) is 5.56. The Bertz CT molecular complexity index is 437. The number of hydrogen-bond acceptors (Lipinski definition) is 3. The molecule has 2 rings (SSSR count). The number of fused-ring (bicyclic) bond motifs is 1. The molecule has 0 bridgehead atoms. The van der Waals surface area contributed by atoms with E-state index in [9.17, 15) is 4.79 Å². The van der Waals surface area contributed by atoms with Gasteiger partial charge in [0.25, 0.3) is 0 Å². The zero-order valence-electron chi connectivity index (χ0n) is 5.94. The minimum absolute atomic E-state index is 0.521. The maximum Gasteiger partial charge on any atom is 0.168 e. The largest absolute Gasteiger partial charge is 0.296 e. The first-order valence-corrected chi connectivity index (χ1v) is 4.04. The summed E-state index contributed by atoms with van der Waals surface area (Å²) in [5.74, 6) is 0. The van der Waals surface area contributed by atoms with E-state index >= 15 is 0 Å². The fraction of sp³-hybridized carbons (Fsp3) is 0. The third-order valence-electron chi connectivity index (χ3n) is 1.51. The highest BCUT2D eigenvalue weighted by Gasteiger charge is 2.01. The fourth-order valence-electron chi connectivity index (χ4n) is 0.972. The van der Waals surface area contributed by atoms with Gasteiger partial charge in [-0.15, -0.1) is 0 Å². The molecule has 0 aliphatic heterocycles. The molecule has 0 aromatic carbocycles. The Kier molecular flexibility index (Phi) is 1.65. The molecule has 5 heteroatoms. The molecule has 4 nitrogen and oxygen atoms in total. The lowest BCUT2D eigenvalue weighted by atomic mass is 10.5. The van der Waals surface area contributed by atoms with E-state index < -0.39 is 0 Å². The van der Waals surface area contributed by atoms with Crippen LogP contribution in [0.5, 0.6) is 0 Å². The van der Waals surface area contributed by atoms with Crippen LogP contribution in [0.4, 0.5) is 0 Å². The number of aldehydes is 1. The predicted molar refractivity (Wildman–Crippen MR) is 46.1 cm³/mol. The number of nitrogens with zero attached hydrogens (tertiary/aromatic N) is 3. The molecule has 0 amide bonds. The van der Waals surface area contributed by atoms with Gasteiger partial charge >= 0.3 is 0 Å². The summed E-state index contributed by atoms with van der Waals surface area (Å²) in [7, 11) is 0. The molecule has 0 atom stereocenters. The Balaban J connectivity index is 2.83. The van der Waals surface area contributed by atoms with Gasteiger partial charge in [-0.1, -0.05) is 0 Å². The highest BCUT2D eigenvalue weighted by molar-refractivity contribution is 9.10. The van der Waals surface area contributed by atoms with E-state index in [1.807, 2.05) is 0 Å². The van der Waals surface area contributed by atoms with Crippen molar-refractivity contribution in [2.24, 2.45) is 0 Å². The van der Waals surface area contributed by atoms with Crippen molar-refractivity contribution in [3.63, 3.8) is 0 Å². The summed E-state index contributed by atoms with van der Waals surface area (Å²) in [5, 5.41) is 0. The molecule has 0 saturated carbocycles. The molecule has 0 radical (unpaired) electrons. The summed E-state index contributed by atoms with van der Waals surface area (Å²) in [4.78, 5) is 18.4. The lowest BCUT2D eigenvalue weighted by Gasteiger charge is -1.94. The van der Waals surface area contributed by atoms with Crippen molar-refractivity contribution in [3.8, 4) is 0 Å². The molecule has 2 aromatic heterocycles. The molecule has 2 aromatic rings. The van der Waals surface area contributed by atoms with Gasteiger partial charge in [0.1, 0.15) is 10.3 Å². The molecule has 0 fully saturated rings. The second kappa shape index (κ2) is 2.67. The van der Waals surface area contributed by atoms with Gasteiger partial charge in [0.05, 0.1) is 12.4 Å². The highest BCUT2D eigenvalue weighted by atomic mass is 79.9. The van der Waals surface area contributed by atoms with Crippen molar-refractivity contribution < 1.29 is 4.79 Å². The molecule has 0 unspecified atom stereocenters. The first kappa shape index (κ1) is 7.42. The van der Waals surface area contributed by atoms with Gasteiger partial charge in [0.2, 0.25) is 0 Å². The molecular formula is C7H4BrN3O. The summed E-state index contributed by atoms with van der Waals surface area (Å²) < 4.78 is 2.35. The van der Waals surface area contributed by atoms with E-state index in [2.05, 4.69) is 25.9 Å². The topological polar surface area (TPSA) is 47.3 Å². The Hall–Kier alpha value is -1.23. The van der Waals surface area contributed by atoms with Crippen LogP contribution in [0.2, 0.25) is 0 Å². The van der Waals surface area contributed by atoms with Gasteiger partial charge in [-0.2, -0.15) is 0 Å². The quantitative estimate of drug-likeness (QED) is 0.688. The van der Waals surface area contributed by atoms with E-state index in [-0.39, 0.29) is 0 Å². The summed E-state index contributed by atoms with van der Waals surface area (Å²) in [6.45, 7) is 0. The molecule has 2 heterocycles. The zero-order valence-corrected chi connectivity index (χ0v) is 7.52. The van der Waals surface area contributed by atoms with Crippen molar-refractivity contribution in [2.45, 2.75) is 0 Å². The van der Waals surface area contributed by atoms with Gasteiger partial charge in [0.15, 0.2) is 11.9 Å². The van der Waals surface area contributed by atoms with Crippen LogP contribution in [0.15, 0.2) is 23.2 Å². The van der Waals surface area contributed by atoms with E-state index in [1.165, 1.54) is 6.20 Å². The van der Waals surface area contributed by atoms with Crippen LogP contribution >= 0.6 is 15.9 Å². The third kappa shape index (κ3) is 1.02. The Morgan fingerprint density at radius 3 is 3.00 bits per heavy atom. The molecule has 60 valence electrons.